The van der Waals surface area contributed by atoms with Gasteiger partial charge >= 0.3 is 11.7 Å². The fourth-order valence-corrected chi connectivity index (χ4v) is 5.05. The van der Waals surface area contributed by atoms with E-state index in [0.29, 0.717) is 0 Å². The smallest absolute Gasteiger partial charge is 0.275 e. The fourth-order valence-electron chi connectivity index (χ4n) is 2.21. The van der Waals surface area contributed by atoms with Crippen molar-refractivity contribution in [1.82, 2.24) is 14.7 Å². The molecule has 28 heavy (non-hydrogen) atoms. The summed E-state index contributed by atoms with van der Waals surface area (Å²) in [5.74, 6) is -0.869. The van der Waals surface area contributed by atoms with Gasteiger partial charge in [0.25, 0.3) is 0 Å². The number of sulfonamides is 1. The Morgan fingerprint density at radius 1 is 1.11 bits per heavy atom. The normalized spacial score (nSPS) is 13.8. The number of rotatable bonds is 9. The highest BCUT2D eigenvalue weighted by molar-refractivity contribution is 7.90. The van der Waals surface area contributed by atoms with Crippen molar-refractivity contribution >= 4 is 74.1 Å². The van der Waals surface area contributed by atoms with Crippen molar-refractivity contribution in [2.24, 2.45) is 0 Å². The number of nitrogens with zero attached hydrogens (tertiary/aromatic N) is 3. The third-order valence-electron chi connectivity index (χ3n) is 3.23. The molecule has 2 atom stereocenters. The number of alkyl halides is 4. The number of hydrogen-bond donors (Lipinski definition) is 2. The van der Waals surface area contributed by atoms with Crippen LogP contribution >= 0.6 is 46.4 Å². The van der Waals surface area contributed by atoms with Crippen LogP contribution in [0.25, 0.3) is 0 Å². The lowest BCUT2D eigenvalue weighted by Gasteiger charge is -2.15. The van der Waals surface area contributed by atoms with Gasteiger partial charge in [-0.1, -0.05) is 0 Å². The van der Waals surface area contributed by atoms with E-state index in [1.54, 1.807) is 4.72 Å². The first kappa shape index (κ1) is 24.9. The molecule has 0 saturated heterocycles. The topological polar surface area (TPSA) is 144 Å². The fraction of sp³-hybridized carbons (Fsp3) is 0.615. The molecule has 0 bridgehead atoms. The van der Waals surface area contributed by atoms with Crippen LogP contribution in [0, 0.1) is 24.0 Å². The van der Waals surface area contributed by atoms with Gasteiger partial charge in [-0.15, -0.1) is 46.4 Å². The Hall–Kier alpha value is -1.14. The predicted molar refractivity (Wildman–Crippen MR) is 108 cm³/mol. The van der Waals surface area contributed by atoms with Crippen LogP contribution in [-0.4, -0.2) is 50.7 Å². The maximum absolute atomic E-state index is 12.0. The van der Waals surface area contributed by atoms with Crippen LogP contribution < -0.4 is 10.0 Å². The van der Waals surface area contributed by atoms with Crippen LogP contribution in [0.15, 0.2) is 0 Å². The van der Waals surface area contributed by atoms with Gasteiger partial charge in [-0.3, -0.25) is 15.4 Å². The van der Waals surface area contributed by atoms with Gasteiger partial charge in [-0.2, -0.15) is 0 Å². The van der Waals surface area contributed by atoms with Crippen LogP contribution in [0.3, 0.4) is 0 Å². The quantitative estimate of drug-likeness (QED) is 0.303. The molecule has 10 nitrogen and oxygen atoms in total. The molecule has 0 fully saturated rings. The summed E-state index contributed by atoms with van der Waals surface area (Å²) in [6.07, 6.45) is 0.323. The van der Waals surface area contributed by atoms with Crippen molar-refractivity contribution in [1.29, 1.82) is 0 Å². The van der Waals surface area contributed by atoms with E-state index in [1.165, 1.54) is 13.8 Å². The van der Waals surface area contributed by atoms with Crippen molar-refractivity contribution < 1.29 is 18.1 Å². The van der Waals surface area contributed by atoms with E-state index in [-0.39, 0.29) is 35.9 Å². The number of anilines is 1. The Morgan fingerprint density at radius 2 is 1.64 bits per heavy atom. The molecule has 158 valence electrons. The molecular formula is C13H17Cl4N5O5S. The average molecular weight is 497 g/mol. The molecular weight excluding hydrogens is 480 g/mol. The number of amides is 2. The Bertz CT molecular complexity index is 816. The van der Waals surface area contributed by atoms with Gasteiger partial charge in [-0.25, -0.2) is 27.9 Å². The van der Waals surface area contributed by atoms with Crippen molar-refractivity contribution in [2.45, 2.75) is 42.3 Å². The summed E-state index contributed by atoms with van der Waals surface area (Å²) >= 11 is 23.1. The number of halogens is 4. The number of urea groups is 1. The number of nitro groups is 1. The van der Waals surface area contributed by atoms with Gasteiger partial charge in [-0.05, 0) is 26.7 Å². The largest absolute Gasteiger partial charge is 0.335 e. The van der Waals surface area contributed by atoms with E-state index in [1.807, 2.05) is 0 Å². The van der Waals surface area contributed by atoms with Crippen molar-refractivity contribution in [3.05, 3.63) is 21.5 Å². The lowest BCUT2D eigenvalue weighted by atomic mass is 10.2. The van der Waals surface area contributed by atoms with Crippen molar-refractivity contribution in [3.8, 4) is 0 Å². The second kappa shape index (κ2) is 10.6. The molecule has 2 unspecified atom stereocenters. The van der Waals surface area contributed by atoms with Gasteiger partial charge in [0.05, 0.1) is 16.1 Å². The molecule has 0 radical (unpaired) electrons. The zero-order valence-electron chi connectivity index (χ0n) is 14.7. The number of carbonyl (C=O) groups is 1. The van der Waals surface area contributed by atoms with E-state index < -0.39 is 42.3 Å². The first-order chi connectivity index (χ1) is 12.8. The highest BCUT2D eigenvalue weighted by atomic mass is 35.5. The number of hydrogen-bond acceptors (Lipinski definition) is 7. The molecule has 2 amide bonds. The Balaban J connectivity index is 2.70. The summed E-state index contributed by atoms with van der Waals surface area (Å²) in [5.41, 5.74) is -0.265. The second-order valence-electron chi connectivity index (χ2n) is 5.72. The molecule has 0 spiro atoms. The first-order valence-corrected chi connectivity index (χ1v) is 11.1. The molecule has 1 heterocycles. The maximum atomic E-state index is 12.0. The van der Waals surface area contributed by atoms with Gasteiger partial charge in [0.15, 0.2) is 0 Å². The summed E-state index contributed by atoms with van der Waals surface area (Å²) in [5, 5.41) is 11.6. The van der Waals surface area contributed by atoms with Crippen molar-refractivity contribution in [2.75, 3.05) is 11.1 Å². The molecule has 1 aromatic rings. The lowest BCUT2D eigenvalue weighted by Crippen LogP contribution is -2.38. The highest BCUT2D eigenvalue weighted by Gasteiger charge is 2.24. The second-order valence-corrected chi connectivity index (χ2v) is 10.00. The van der Waals surface area contributed by atoms with E-state index in [2.05, 4.69) is 15.3 Å². The molecule has 2 N–H and O–H groups in total. The maximum Gasteiger partial charge on any atom is 0.335 e. The summed E-state index contributed by atoms with van der Waals surface area (Å²) in [7, 11) is -4.10. The Kier molecular flexibility index (Phi) is 9.41. The van der Waals surface area contributed by atoms with Gasteiger partial charge in [0.2, 0.25) is 16.0 Å². The van der Waals surface area contributed by atoms with E-state index in [9.17, 15) is 23.3 Å². The average Bonchev–Trinajstić information content (AvgIpc) is 2.42. The number of aromatic nitrogens is 2. The Morgan fingerprint density at radius 3 is 2.11 bits per heavy atom. The van der Waals surface area contributed by atoms with Crippen LogP contribution in [0.5, 0.6) is 0 Å². The highest BCUT2D eigenvalue weighted by Crippen LogP contribution is 2.22. The lowest BCUT2D eigenvalue weighted by molar-refractivity contribution is -0.386. The SMILES string of the molecule is Cc1nc(NC(=O)NS(=O)(=O)CC(Cl)CC(Cl)CC(Cl)Cl)nc(C)c1[N+](=O)[O-]. The molecule has 0 aromatic carbocycles. The molecule has 1 aromatic heterocycles. The summed E-state index contributed by atoms with van der Waals surface area (Å²) < 4.78 is 25.8. The molecule has 0 aliphatic carbocycles. The van der Waals surface area contributed by atoms with Gasteiger partial charge < -0.3 is 0 Å². The van der Waals surface area contributed by atoms with E-state index in [0.717, 1.165) is 0 Å². The van der Waals surface area contributed by atoms with Gasteiger partial charge in [0.1, 0.15) is 16.2 Å². The third-order valence-corrected chi connectivity index (χ3v) is 5.80. The van der Waals surface area contributed by atoms with Gasteiger partial charge in [0, 0.05) is 5.38 Å². The minimum Gasteiger partial charge on any atom is -0.275 e. The molecule has 0 aliphatic heterocycles. The van der Waals surface area contributed by atoms with Crippen LogP contribution in [-0.2, 0) is 10.0 Å². The Labute approximate surface area is 181 Å². The minimum atomic E-state index is -4.10. The monoisotopic (exact) mass is 495 g/mol. The summed E-state index contributed by atoms with van der Waals surface area (Å²) in [6.45, 7) is 2.72. The number of carbonyl (C=O) groups excluding carboxylic acids is 1. The van der Waals surface area contributed by atoms with Crippen LogP contribution in [0.4, 0.5) is 16.4 Å². The first-order valence-electron chi connectivity index (χ1n) is 7.68. The number of aryl methyl sites for hydroxylation is 2. The summed E-state index contributed by atoms with van der Waals surface area (Å²) in [4.78, 5) is 29.0. The minimum absolute atomic E-state index is 0.0153. The zero-order chi connectivity index (χ0) is 21.6. The predicted octanol–water partition coefficient (Wildman–Crippen LogP) is 3.25. The van der Waals surface area contributed by atoms with E-state index in [4.69, 9.17) is 46.4 Å². The molecule has 1 rings (SSSR count). The third kappa shape index (κ3) is 8.48. The molecule has 15 heteroatoms. The van der Waals surface area contributed by atoms with Crippen LogP contribution in [0.2, 0.25) is 0 Å². The van der Waals surface area contributed by atoms with Crippen LogP contribution in [0.1, 0.15) is 24.2 Å². The zero-order valence-corrected chi connectivity index (χ0v) is 18.5. The molecule has 0 saturated carbocycles. The standard InChI is InChI=1S/C13H17Cl4N5O5S/c1-6-11(22(24)25)7(2)19-12(18-6)20-13(23)21-28(26,27)5-9(15)3-8(14)4-10(16)17/h8-10H,3-5H2,1-2H3,(H2,18,19,20,21,23). The van der Waals surface area contributed by atoms with Crippen molar-refractivity contribution in [3.63, 3.8) is 0 Å². The van der Waals surface area contributed by atoms with E-state index >= 15 is 0 Å². The summed E-state index contributed by atoms with van der Waals surface area (Å²) in [6, 6.07) is -1.14. The molecule has 0 aliphatic rings. The number of nitrogens with one attached hydrogen (secondary N) is 2.